The monoisotopic (exact) mass is 368 g/mol. The van der Waals surface area contributed by atoms with Gasteiger partial charge < -0.3 is 11.1 Å². The molecule has 2 aromatic carbocycles. The first-order valence-electron chi connectivity index (χ1n) is 6.19. The van der Waals surface area contributed by atoms with E-state index in [4.69, 9.17) is 5.73 Å². The van der Waals surface area contributed by atoms with Crippen molar-refractivity contribution >= 4 is 45.0 Å². The number of nitrogens with two attached hydrogens (primary N) is 1. The average molecular weight is 369 g/mol. The van der Waals surface area contributed by atoms with E-state index in [0.717, 1.165) is 10.5 Å². The molecule has 0 saturated heterocycles. The Morgan fingerprint density at radius 3 is 2.76 bits per heavy atom. The van der Waals surface area contributed by atoms with Gasteiger partial charge >= 0.3 is 0 Å². The van der Waals surface area contributed by atoms with Crippen LogP contribution in [0.2, 0.25) is 0 Å². The van der Waals surface area contributed by atoms with E-state index in [1.165, 1.54) is 23.9 Å². The summed E-state index contributed by atoms with van der Waals surface area (Å²) in [6, 6.07) is 10.0. The first-order valence-corrected chi connectivity index (χ1v) is 7.97. The van der Waals surface area contributed by atoms with Gasteiger partial charge in [0, 0.05) is 15.1 Å². The van der Waals surface area contributed by atoms with E-state index in [1.54, 1.807) is 12.1 Å². The predicted molar refractivity (Wildman–Crippen MR) is 89.0 cm³/mol. The maximum atomic E-state index is 13.6. The van der Waals surface area contributed by atoms with E-state index in [0.29, 0.717) is 10.2 Å². The Bertz CT molecular complexity index is 679. The van der Waals surface area contributed by atoms with Gasteiger partial charge in [-0.2, -0.15) is 0 Å². The van der Waals surface area contributed by atoms with Gasteiger partial charge in [0.05, 0.1) is 11.4 Å². The van der Waals surface area contributed by atoms with Crippen molar-refractivity contribution in [3.8, 4) is 0 Å². The molecule has 0 fully saturated rings. The Morgan fingerprint density at radius 2 is 2.10 bits per heavy atom. The number of nitrogen functional groups attached to an aromatic ring is 1. The standard InChI is InChI=1S/C15H14BrFN2OS/c1-9-6-11(18)3-5-14(9)21-8-15(20)19-13-4-2-10(16)7-12(13)17/h2-7H,8,18H2,1H3,(H,19,20). The largest absolute Gasteiger partial charge is 0.399 e. The van der Waals surface area contributed by atoms with Crippen LogP contribution in [0.3, 0.4) is 0 Å². The van der Waals surface area contributed by atoms with Gasteiger partial charge in [0.15, 0.2) is 0 Å². The van der Waals surface area contributed by atoms with E-state index < -0.39 is 5.82 Å². The number of anilines is 2. The molecule has 0 spiro atoms. The van der Waals surface area contributed by atoms with Crippen LogP contribution in [-0.4, -0.2) is 11.7 Å². The number of hydrogen-bond acceptors (Lipinski definition) is 3. The van der Waals surface area contributed by atoms with Crippen molar-refractivity contribution in [3.63, 3.8) is 0 Å². The van der Waals surface area contributed by atoms with Crippen molar-refractivity contribution < 1.29 is 9.18 Å². The normalized spacial score (nSPS) is 10.4. The summed E-state index contributed by atoms with van der Waals surface area (Å²) in [5.41, 5.74) is 7.57. The predicted octanol–water partition coefficient (Wildman–Crippen LogP) is 4.21. The Labute approximate surface area is 135 Å². The highest BCUT2D eigenvalue weighted by Gasteiger charge is 2.09. The summed E-state index contributed by atoms with van der Waals surface area (Å²) in [6.45, 7) is 1.94. The van der Waals surface area contributed by atoms with E-state index in [-0.39, 0.29) is 17.3 Å². The quantitative estimate of drug-likeness (QED) is 0.627. The molecule has 2 rings (SSSR count). The van der Waals surface area contributed by atoms with Gasteiger partial charge in [0.2, 0.25) is 5.91 Å². The molecule has 6 heteroatoms. The fourth-order valence-corrected chi connectivity index (χ4v) is 2.90. The molecule has 0 saturated carbocycles. The molecule has 2 aromatic rings. The number of benzene rings is 2. The molecule has 21 heavy (non-hydrogen) atoms. The summed E-state index contributed by atoms with van der Waals surface area (Å²) >= 11 is 4.56. The summed E-state index contributed by atoms with van der Waals surface area (Å²) in [4.78, 5) is 12.8. The van der Waals surface area contributed by atoms with E-state index in [1.807, 2.05) is 19.1 Å². The van der Waals surface area contributed by atoms with Gasteiger partial charge in [-0.05, 0) is 48.9 Å². The molecule has 1 amide bonds. The number of thioether (sulfide) groups is 1. The molecular formula is C15H14BrFN2OS. The number of carbonyl (C=O) groups excluding carboxylic acids is 1. The molecule has 3 N–H and O–H groups in total. The highest BCUT2D eigenvalue weighted by atomic mass is 79.9. The van der Waals surface area contributed by atoms with Gasteiger partial charge in [-0.3, -0.25) is 4.79 Å². The van der Waals surface area contributed by atoms with Crippen LogP contribution in [0.5, 0.6) is 0 Å². The first kappa shape index (κ1) is 15.9. The zero-order chi connectivity index (χ0) is 15.4. The highest BCUT2D eigenvalue weighted by molar-refractivity contribution is 9.10. The second-order valence-corrected chi connectivity index (χ2v) is 6.42. The summed E-state index contributed by atoms with van der Waals surface area (Å²) in [5, 5.41) is 2.56. The number of hydrogen-bond donors (Lipinski definition) is 2. The molecule has 0 heterocycles. The second kappa shape index (κ2) is 6.95. The van der Waals surface area contributed by atoms with Gasteiger partial charge in [-0.25, -0.2) is 4.39 Å². The minimum absolute atomic E-state index is 0.179. The highest BCUT2D eigenvalue weighted by Crippen LogP contribution is 2.25. The molecule has 0 aliphatic heterocycles. The Hall–Kier alpha value is -1.53. The van der Waals surface area contributed by atoms with Gasteiger partial charge in [0.25, 0.3) is 0 Å². The first-order chi connectivity index (χ1) is 9.95. The van der Waals surface area contributed by atoms with Crippen LogP contribution < -0.4 is 11.1 Å². The molecule has 0 atom stereocenters. The van der Waals surface area contributed by atoms with Crippen molar-refractivity contribution in [2.24, 2.45) is 0 Å². The average Bonchev–Trinajstić information content (AvgIpc) is 2.41. The third-order valence-corrected chi connectivity index (χ3v) is 4.43. The zero-order valence-corrected chi connectivity index (χ0v) is 13.7. The second-order valence-electron chi connectivity index (χ2n) is 4.49. The van der Waals surface area contributed by atoms with Crippen molar-refractivity contribution in [1.29, 1.82) is 0 Å². The molecule has 0 radical (unpaired) electrons. The maximum absolute atomic E-state index is 13.6. The molecule has 0 bridgehead atoms. The van der Waals surface area contributed by atoms with Gasteiger partial charge in [-0.15, -0.1) is 11.8 Å². The van der Waals surface area contributed by atoms with Crippen LogP contribution in [0.25, 0.3) is 0 Å². The van der Waals surface area contributed by atoms with E-state index >= 15 is 0 Å². The molecule has 3 nitrogen and oxygen atoms in total. The summed E-state index contributed by atoms with van der Waals surface area (Å²) in [5.74, 6) is -0.510. The van der Waals surface area contributed by atoms with Crippen LogP contribution in [0, 0.1) is 12.7 Å². The minimum Gasteiger partial charge on any atom is -0.399 e. The Balaban J connectivity index is 1.96. The third kappa shape index (κ3) is 4.47. The number of carbonyl (C=O) groups is 1. The molecule has 0 aliphatic rings. The lowest BCUT2D eigenvalue weighted by molar-refractivity contribution is -0.113. The summed E-state index contributed by atoms with van der Waals surface area (Å²) in [6.07, 6.45) is 0. The number of aryl methyl sites for hydroxylation is 1. The maximum Gasteiger partial charge on any atom is 0.234 e. The SMILES string of the molecule is Cc1cc(N)ccc1SCC(=O)Nc1ccc(Br)cc1F. The van der Waals surface area contributed by atoms with E-state index in [2.05, 4.69) is 21.2 Å². The Kier molecular flexibility index (Phi) is 5.25. The fraction of sp³-hybridized carbons (Fsp3) is 0.133. The van der Waals surface area contributed by atoms with Crippen LogP contribution in [0.4, 0.5) is 15.8 Å². The topological polar surface area (TPSA) is 55.1 Å². The molecule has 0 unspecified atom stereocenters. The number of nitrogens with one attached hydrogen (secondary N) is 1. The van der Waals surface area contributed by atoms with Crippen LogP contribution in [-0.2, 0) is 4.79 Å². The number of amides is 1. The smallest absolute Gasteiger partial charge is 0.234 e. The van der Waals surface area contributed by atoms with Gasteiger partial charge in [-0.1, -0.05) is 15.9 Å². The summed E-state index contributed by atoms with van der Waals surface area (Å²) < 4.78 is 14.2. The summed E-state index contributed by atoms with van der Waals surface area (Å²) in [7, 11) is 0. The fourth-order valence-electron chi connectivity index (χ4n) is 1.75. The molecular weight excluding hydrogens is 355 g/mol. The number of halogens is 2. The Morgan fingerprint density at radius 1 is 1.33 bits per heavy atom. The number of rotatable bonds is 4. The van der Waals surface area contributed by atoms with E-state index in [9.17, 15) is 9.18 Å². The van der Waals surface area contributed by atoms with Crippen LogP contribution in [0.15, 0.2) is 45.8 Å². The van der Waals surface area contributed by atoms with Crippen molar-refractivity contribution in [2.75, 3.05) is 16.8 Å². The molecule has 0 aromatic heterocycles. The zero-order valence-electron chi connectivity index (χ0n) is 11.3. The minimum atomic E-state index is -0.466. The van der Waals surface area contributed by atoms with Crippen molar-refractivity contribution in [2.45, 2.75) is 11.8 Å². The lowest BCUT2D eigenvalue weighted by atomic mass is 10.2. The van der Waals surface area contributed by atoms with Gasteiger partial charge in [0.1, 0.15) is 5.82 Å². The third-order valence-electron chi connectivity index (χ3n) is 2.76. The van der Waals surface area contributed by atoms with Crippen LogP contribution >= 0.6 is 27.7 Å². The lowest BCUT2D eigenvalue weighted by Crippen LogP contribution is -2.15. The molecule has 0 aliphatic carbocycles. The van der Waals surface area contributed by atoms with Crippen molar-refractivity contribution in [3.05, 3.63) is 52.3 Å². The molecule has 110 valence electrons. The lowest BCUT2D eigenvalue weighted by Gasteiger charge is -2.08. The van der Waals surface area contributed by atoms with Crippen LogP contribution in [0.1, 0.15) is 5.56 Å². The van der Waals surface area contributed by atoms with Crippen molar-refractivity contribution in [1.82, 2.24) is 0 Å².